The largest absolute Gasteiger partial charge is 0.454 e. The number of carbonyl (C=O) groups excluding carboxylic acids is 1. The van der Waals surface area contributed by atoms with Gasteiger partial charge < -0.3 is 19.9 Å². The molecule has 3 heterocycles. The molecule has 3 aromatic rings. The number of pyridine rings is 1. The molecule has 1 aromatic heterocycles. The molecule has 0 fully saturated rings. The first-order valence-electron chi connectivity index (χ1n) is 12.7. The minimum Gasteiger partial charge on any atom is -0.454 e. The molecule has 8 nitrogen and oxygen atoms in total. The van der Waals surface area contributed by atoms with Gasteiger partial charge in [-0.15, -0.1) is 0 Å². The van der Waals surface area contributed by atoms with E-state index >= 15 is 0 Å². The van der Waals surface area contributed by atoms with Crippen LogP contribution in [0.3, 0.4) is 0 Å². The number of amides is 1. The Morgan fingerprint density at radius 2 is 2.05 bits per heavy atom. The summed E-state index contributed by atoms with van der Waals surface area (Å²) in [5.74, 6) is 1.62. The van der Waals surface area contributed by atoms with E-state index in [1.54, 1.807) is 6.07 Å². The molecule has 0 aliphatic carbocycles. The number of fused-ring (bicyclic) bond motifs is 2. The number of rotatable bonds is 10. The minimum absolute atomic E-state index is 0.0404. The van der Waals surface area contributed by atoms with E-state index in [-0.39, 0.29) is 25.3 Å². The summed E-state index contributed by atoms with van der Waals surface area (Å²) < 4.78 is 26.9. The third-order valence-electron chi connectivity index (χ3n) is 6.71. The average Bonchev–Trinajstić information content (AvgIpc) is 3.54. The fraction of sp³-hybridized carbons (Fsp3) is 0.357. The van der Waals surface area contributed by atoms with Gasteiger partial charge >= 0.3 is 0 Å². The normalized spacial score (nSPS) is 16.9. The van der Waals surface area contributed by atoms with Gasteiger partial charge in [0.25, 0.3) is 5.91 Å². The van der Waals surface area contributed by atoms with E-state index in [9.17, 15) is 14.1 Å². The monoisotopic (exact) mass is 599 g/mol. The van der Waals surface area contributed by atoms with Crippen LogP contribution in [0.15, 0.2) is 53.0 Å². The highest BCUT2D eigenvalue weighted by Gasteiger charge is 2.37. The van der Waals surface area contributed by atoms with E-state index in [0.717, 1.165) is 39.6 Å². The molecule has 1 unspecified atom stereocenters. The van der Waals surface area contributed by atoms with Crippen molar-refractivity contribution in [1.82, 2.24) is 14.6 Å². The van der Waals surface area contributed by atoms with Gasteiger partial charge in [0.15, 0.2) is 11.5 Å². The second kappa shape index (κ2) is 11.9. The zero-order valence-corrected chi connectivity index (χ0v) is 23.5. The highest BCUT2D eigenvalue weighted by Crippen LogP contribution is 2.43. The van der Waals surface area contributed by atoms with Crippen molar-refractivity contribution in [2.45, 2.75) is 45.3 Å². The van der Waals surface area contributed by atoms with Crippen LogP contribution in [0.4, 0.5) is 0 Å². The number of benzene rings is 2. The molecule has 2 aliphatic heterocycles. The Morgan fingerprint density at radius 1 is 1.21 bits per heavy atom. The standard InChI is InChI=1S/C28H30BrN3O5S/c1-2-3-11-38(35)32-16-20-14-22(28(34)30-15-18-7-8-24-25(12-18)37-17-36-24)31-27(26(20)23(32)9-10-33)19-5-4-6-21(29)13-19/h4-8,12-14,23,33H,2-3,9-11,15-17H2,1H3,(H,30,34)/t23-,38?/m1/s1. The third kappa shape index (κ3) is 5.63. The lowest BCUT2D eigenvalue weighted by molar-refractivity contribution is 0.0946. The summed E-state index contributed by atoms with van der Waals surface area (Å²) >= 11 is 3.54. The van der Waals surface area contributed by atoms with Crippen molar-refractivity contribution in [2.24, 2.45) is 0 Å². The van der Waals surface area contributed by atoms with Crippen molar-refractivity contribution >= 4 is 32.8 Å². The van der Waals surface area contributed by atoms with Gasteiger partial charge in [0, 0.05) is 41.0 Å². The number of aliphatic hydroxyl groups is 1. The van der Waals surface area contributed by atoms with Crippen LogP contribution in [0.25, 0.3) is 11.3 Å². The van der Waals surface area contributed by atoms with Crippen LogP contribution in [-0.4, -0.2) is 43.7 Å². The van der Waals surface area contributed by atoms with E-state index in [2.05, 4.69) is 28.2 Å². The van der Waals surface area contributed by atoms with Crippen molar-refractivity contribution in [2.75, 3.05) is 19.2 Å². The van der Waals surface area contributed by atoms with E-state index in [4.69, 9.17) is 14.5 Å². The maximum Gasteiger partial charge on any atom is 0.270 e. The van der Waals surface area contributed by atoms with Gasteiger partial charge in [-0.3, -0.25) is 4.79 Å². The predicted molar refractivity (Wildman–Crippen MR) is 149 cm³/mol. The Morgan fingerprint density at radius 3 is 2.84 bits per heavy atom. The quantitative estimate of drug-likeness (QED) is 0.345. The molecule has 1 amide bonds. The molecule has 2 atom stereocenters. The number of aliphatic hydroxyl groups excluding tert-OH is 1. The SMILES string of the molecule is CCCCS(=O)N1Cc2cc(C(=O)NCc3ccc4c(c3)OCO4)nc(-c3cccc(Br)c3)c2[C@H]1CCO. The first-order valence-corrected chi connectivity index (χ1v) is 14.8. The van der Waals surface area contributed by atoms with Crippen molar-refractivity contribution in [3.8, 4) is 22.8 Å². The molecule has 0 radical (unpaired) electrons. The number of nitrogens with one attached hydrogen (secondary N) is 1. The number of unbranched alkanes of at least 4 members (excludes halogenated alkanes) is 1. The van der Waals surface area contributed by atoms with Crippen molar-refractivity contribution in [3.05, 3.63) is 75.4 Å². The van der Waals surface area contributed by atoms with Gasteiger partial charge in [0.2, 0.25) is 6.79 Å². The number of carbonyl (C=O) groups is 1. The Balaban J connectivity index is 1.48. The Hall–Kier alpha value is -2.79. The maximum atomic E-state index is 13.3. The maximum absolute atomic E-state index is 13.3. The van der Waals surface area contributed by atoms with Gasteiger partial charge in [-0.1, -0.05) is 47.5 Å². The fourth-order valence-corrected chi connectivity index (χ4v) is 6.79. The van der Waals surface area contributed by atoms with Crippen molar-refractivity contribution in [3.63, 3.8) is 0 Å². The summed E-state index contributed by atoms with van der Waals surface area (Å²) in [5, 5.41) is 12.8. The Labute approximate surface area is 233 Å². The topological polar surface area (TPSA) is 101 Å². The Kier molecular flexibility index (Phi) is 8.42. The fourth-order valence-electron chi connectivity index (χ4n) is 4.84. The van der Waals surface area contributed by atoms with Crippen LogP contribution in [0.5, 0.6) is 11.5 Å². The van der Waals surface area contributed by atoms with E-state index < -0.39 is 11.0 Å². The van der Waals surface area contributed by atoms with Gasteiger partial charge in [0.1, 0.15) is 5.69 Å². The summed E-state index contributed by atoms with van der Waals surface area (Å²) in [5.41, 5.74) is 4.54. The van der Waals surface area contributed by atoms with Crippen LogP contribution < -0.4 is 14.8 Å². The number of nitrogens with zero attached hydrogens (tertiary/aromatic N) is 2. The van der Waals surface area contributed by atoms with Crippen LogP contribution >= 0.6 is 15.9 Å². The highest BCUT2D eigenvalue weighted by molar-refractivity contribution is 9.10. The molecule has 0 spiro atoms. The second-order valence-corrected chi connectivity index (χ2v) is 11.7. The highest BCUT2D eigenvalue weighted by atomic mass is 79.9. The first-order chi connectivity index (χ1) is 18.5. The summed E-state index contributed by atoms with van der Waals surface area (Å²) in [6.07, 6.45) is 2.24. The molecule has 0 saturated carbocycles. The number of hydrogen-bond donors (Lipinski definition) is 2. The lowest BCUT2D eigenvalue weighted by Crippen LogP contribution is -2.27. The summed E-state index contributed by atoms with van der Waals surface area (Å²) in [4.78, 5) is 18.1. The minimum atomic E-state index is -1.21. The van der Waals surface area contributed by atoms with Gasteiger partial charge in [0.05, 0.1) is 22.7 Å². The average molecular weight is 601 g/mol. The smallest absolute Gasteiger partial charge is 0.270 e. The Bertz CT molecular complexity index is 1370. The molecule has 2 aliphatic rings. The molecule has 5 rings (SSSR count). The molecule has 10 heteroatoms. The lowest BCUT2D eigenvalue weighted by atomic mass is 9.96. The van der Waals surface area contributed by atoms with E-state index in [0.29, 0.717) is 48.2 Å². The predicted octanol–water partition coefficient (Wildman–Crippen LogP) is 4.87. The summed E-state index contributed by atoms with van der Waals surface area (Å²) in [6, 6.07) is 14.9. The van der Waals surface area contributed by atoms with E-state index in [1.165, 1.54) is 0 Å². The molecule has 0 bridgehead atoms. The van der Waals surface area contributed by atoms with Crippen molar-refractivity contribution < 1.29 is 23.6 Å². The molecule has 0 saturated heterocycles. The van der Waals surface area contributed by atoms with Crippen molar-refractivity contribution in [1.29, 1.82) is 0 Å². The second-order valence-electron chi connectivity index (χ2n) is 9.29. The lowest BCUT2D eigenvalue weighted by Gasteiger charge is -2.24. The molecular weight excluding hydrogens is 570 g/mol. The number of hydrogen-bond acceptors (Lipinski definition) is 6. The number of halogens is 1. The zero-order valence-electron chi connectivity index (χ0n) is 21.1. The zero-order chi connectivity index (χ0) is 26.6. The van der Waals surface area contributed by atoms with Crippen LogP contribution in [0, 0.1) is 0 Å². The van der Waals surface area contributed by atoms with Crippen LogP contribution in [0.1, 0.15) is 59.4 Å². The first kappa shape index (κ1) is 26.8. The van der Waals surface area contributed by atoms with Gasteiger partial charge in [-0.2, -0.15) is 0 Å². The summed E-state index contributed by atoms with van der Waals surface area (Å²) in [7, 11) is -1.21. The van der Waals surface area contributed by atoms with Crippen LogP contribution in [0.2, 0.25) is 0 Å². The molecule has 200 valence electrons. The number of aromatic nitrogens is 1. The third-order valence-corrected chi connectivity index (χ3v) is 8.75. The molecule has 38 heavy (non-hydrogen) atoms. The number of ether oxygens (including phenoxy) is 2. The van der Waals surface area contributed by atoms with Gasteiger partial charge in [-0.25, -0.2) is 13.5 Å². The molecular formula is C28H30BrN3O5S. The molecule has 2 aromatic carbocycles. The summed E-state index contributed by atoms with van der Waals surface area (Å²) in [6.45, 7) is 2.97. The molecule has 2 N–H and O–H groups in total. The van der Waals surface area contributed by atoms with Crippen LogP contribution in [-0.2, 0) is 24.1 Å². The van der Waals surface area contributed by atoms with Gasteiger partial charge in [-0.05, 0) is 54.3 Å². The van der Waals surface area contributed by atoms with E-state index in [1.807, 2.05) is 46.8 Å².